The summed E-state index contributed by atoms with van der Waals surface area (Å²) < 4.78 is 17.0. The Morgan fingerprint density at radius 1 is 0.241 bits per heavy atom. The van der Waals surface area contributed by atoms with Gasteiger partial charge in [0.05, 0.1) is 0 Å². The topological polar surface area (TPSA) is 78.9 Å². The fraction of sp³-hybridized carbons (Fsp3) is 0.857. The minimum Gasteiger partial charge on any atom is -0.462 e. The van der Waals surface area contributed by atoms with E-state index in [1.165, 1.54) is 295 Å². The first-order valence-corrected chi connectivity index (χ1v) is 37.1. The van der Waals surface area contributed by atoms with E-state index in [0.717, 1.165) is 70.6 Å². The highest BCUT2D eigenvalue weighted by atomic mass is 16.6. The quantitative estimate of drug-likeness (QED) is 0.0261. The summed E-state index contributed by atoms with van der Waals surface area (Å²) in [6, 6.07) is 0. The SMILES string of the molecule is CCCCCCC/C=C\C/C=C\C/C=C\CCCCCCCCCCCCCCC(=O)OCC(COC(=O)CCCCCCCCC/C=C\CCCCCCCC)OC(=O)CCCCCCCCCCCCCCCCCCCCCCC. The molecule has 0 radical (unpaired) electrons. The molecular formula is C77H142O6. The lowest BCUT2D eigenvalue weighted by Crippen LogP contribution is -2.30. The second-order valence-corrected chi connectivity index (χ2v) is 25.2. The molecule has 0 aliphatic rings. The van der Waals surface area contributed by atoms with Gasteiger partial charge in [0.25, 0.3) is 0 Å². The Hall–Kier alpha value is -2.63. The molecule has 83 heavy (non-hydrogen) atoms. The molecule has 0 aliphatic heterocycles. The second kappa shape index (κ2) is 71.8. The van der Waals surface area contributed by atoms with Crippen LogP contribution in [0.1, 0.15) is 406 Å². The summed E-state index contributed by atoms with van der Waals surface area (Å²) in [5, 5.41) is 0. The Kier molecular flexibility index (Phi) is 69.6. The van der Waals surface area contributed by atoms with E-state index in [1.807, 2.05) is 0 Å². The lowest BCUT2D eigenvalue weighted by molar-refractivity contribution is -0.167. The molecule has 0 heterocycles. The van der Waals surface area contributed by atoms with Crippen molar-refractivity contribution in [1.82, 2.24) is 0 Å². The Balaban J connectivity index is 4.29. The molecule has 0 fully saturated rings. The largest absolute Gasteiger partial charge is 0.462 e. The number of unbranched alkanes of at least 4 members (excludes halogenated alkanes) is 50. The monoisotopic (exact) mass is 1160 g/mol. The molecule has 6 heteroatoms. The summed E-state index contributed by atoms with van der Waals surface area (Å²) in [4.78, 5) is 38.5. The van der Waals surface area contributed by atoms with E-state index < -0.39 is 6.10 Å². The van der Waals surface area contributed by atoms with Gasteiger partial charge in [-0.15, -0.1) is 0 Å². The Morgan fingerprint density at radius 2 is 0.434 bits per heavy atom. The number of hydrogen-bond donors (Lipinski definition) is 0. The molecule has 0 rings (SSSR count). The Bertz CT molecular complexity index is 1430. The van der Waals surface area contributed by atoms with Gasteiger partial charge in [-0.05, 0) is 83.5 Å². The number of carbonyl (C=O) groups is 3. The Labute approximate surface area is 518 Å². The molecular weight excluding hydrogens is 1020 g/mol. The fourth-order valence-electron chi connectivity index (χ4n) is 11.2. The minimum atomic E-state index is -0.775. The predicted octanol–water partition coefficient (Wildman–Crippen LogP) is 25.7. The lowest BCUT2D eigenvalue weighted by atomic mass is 10.0. The van der Waals surface area contributed by atoms with Crippen LogP contribution in [-0.2, 0) is 28.6 Å². The maximum Gasteiger partial charge on any atom is 0.306 e. The van der Waals surface area contributed by atoms with Gasteiger partial charge in [0.2, 0.25) is 0 Å². The van der Waals surface area contributed by atoms with Gasteiger partial charge in [-0.1, -0.05) is 352 Å². The lowest BCUT2D eigenvalue weighted by Gasteiger charge is -2.18. The van der Waals surface area contributed by atoms with Crippen LogP contribution < -0.4 is 0 Å². The van der Waals surface area contributed by atoms with E-state index in [1.54, 1.807) is 0 Å². The number of carbonyl (C=O) groups excluding carboxylic acids is 3. The van der Waals surface area contributed by atoms with E-state index in [9.17, 15) is 14.4 Å². The van der Waals surface area contributed by atoms with Crippen LogP contribution in [0.2, 0.25) is 0 Å². The predicted molar refractivity (Wildman–Crippen MR) is 362 cm³/mol. The van der Waals surface area contributed by atoms with E-state index >= 15 is 0 Å². The van der Waals surface area contributed by atoms with Crippen molar-refractivity contribution in [2.45, 2.75) is 412 Å². The number of esters is 3. The molecule has 6 nitrogen and oxygen atoms in total. The molecule has 0 aliphatic carbocycles. The van der Waals surface area contributed by atoms with Gasteiger partial charge < -0.3 is 14.2 Å². The molecule has 1 atom stereocenters. The molecule has 0 saturated carbocycles. The Morgan fingerprint density at radius 3 is 0.687 bits per heavy atom. The molecule has 0 aromatic heterocycles. The second-order valence-electron chi connectivity index (χ2n) is 25.2. The maximum atomic E-state index is 13.0. The molecule has 0 saturated heterocycles. The third-order valence-electron chi connectivity index (χ3n) is 16.8. The van der Waals surface area contributed by atoms with Crippen LogP contribution in [0.25, 0.3) is 0 Å². The van der Waals surface area contributed by atoms with E-state index in [4.69, 9.17) is 14.2 Å². The maximum absolute atomic E-state index is 13.0. The first kappa shape index (κ1) is 80.4. The number of ether oxygens (including phenoxy) is 3. The zero-order chi connectivity index (χ0) is 59.9. The first-order chi connectivity index (χ1) is 41.0. The highest BCUT2D eigenvalue weighted by Crippen LogP contribution is 2.19. The van der Waals surface area contributed by atoms with Crippen molar-refractivity contribution in [2.24, 2.45) is 0 Å². The molecule has 1 unspecified atom stereocenters. The van der Waals surface area contributed by atoms with Gasteiger partial charge in [-0.3, -0.25) is 14.4 Å². The highest BCUT2D eigenvalue weighted by Gasteiger charge is 2.19. The molecule has 0 aromatic rings. The minimum absolute atomic E-state index is 0.0707. The van der Waals surface area contributed by atoms with Gasteiger partial charge in [-0.25, -0.2) is 0 Å². The third kappa shape index (κ3) is 70.0. The van der Waals surface area contributed by atoms with Crippen LogP contribution in [0.15, 0.2) is 48.6 Å². The summed E-state index contributed by atoms with van der Waals surface area (Å²) in [6.45, 7) is 6.70. The summed E-state index contributed by atoms with van der Waals surface area (Å²) in [6.07, 6.45) is 91.4. The normalized spacial score (nSPS) is 12.3. The zero-order valence-electron chi connectivity index (χ0n) is 56.0. The van der Waals surface area contributed by atoms with Gasteiger partial charge in [0.1, 0.15) is 13.2 Å². The van der Waals surface area contributed by atoms with Gasteiger partial charge >= 0.3 is 17.9 Å². The smallest absolute Gasteiger partial charge is 0.306 e. The molecule has 0 amide bonds. The standard InChI is InChI=1S/C77H142O6/c1-4-7-10-13-16-19-22-25-28-31-33-35-36-37-38-39-40-42-43-46-49-52-55-58-61-64-67-70-76(79)82-73-74(72-81-75(78)69-66-63-60-57-54-51-48-45-30-27-24-21-18-15-12-9-6-3)83-77(80)71-68-65-62-59-56-53-50-47-44-41-34-32-29-26-23-20-17-14-11-8-5-2/h22,25,27,30-31,33,36-37,74H,4-21,23-24,26,28-29,32,34-35,38-73H2,1-3H3/b25-22-,30-27-,33-31-,37-36-. The van der Waals surface area contributed by atoms with Gasteiger partial charge in [-0.2, -0.15) is 0 Å². The average Bonchev–Trinajstić information content (AvgIpc) is 3.49. The molecule has 0 spiro atoms. The van der Waals surface area contributed by atoms with E-state index in [2.05, 4.69) is 69.4 Å². The first-order valence-electron chi connectivity index (χ1n) is 37.1. The molecule has 0 bridgehead atoms. The van der Waals surface area contributed by atoms with Crippen molar-refractivity contribution >= 4 is 17.9 Å². The number of rotatable bonds is 69. The van der Waals surface area contributed by atoms with Crippen molar-refractivity contribution in [3.8, 4) is 0 Å². The van der Waals surface area contributed by atoms with E-state index in [0.29, 0.717) is 19.3 Å². The fourth-order valence-corrected chi connectivity index (χ4v) is 11.2. The number of allylic oxidation sites excluding steroid dienone is 8. The van der Waals surface area contributed by atoms with Gasteiger partial charge in [0.15, 0.2) is 6.10 Å². The van der Waals surface area contributed by atoms with Crippen LogP contribution >= 0.6 is 0 Å². The average molecular weight is 1160 g/mol. The third-order valence-corrected chi connectivity index (χ3v) is 16.8. The zero-order valence-corrected chi connectivity index (χ0v) is 56.0. The summed E-state index contributed by atoms with van der Waals surface area (Å²) >= 11 is 0. The van der Waals surface area contributed by atoms with Gasteiger partial charge in [0, 0.05) is 19.3 Å². The highest BCUT2D eigenvalue weighted by molar-refractivity contribution is 5.71. The van der Waals surface area contributed by atoms with Crippen LogP contribution in [0.5, 0.6) is 0 Å². The van der Waals surface area contributed by atoms with Crippen molar-refractivity contribution in [1.29, 1.82) is 0 Å². The molecule has 0 N–H and O–H groups in total. The summed E-state index contributed by atoms with van der Waals surface area (Å²) in [5.41, 5.74) is 0. The van der Waals surface area contributed by atoms with Crippen LogP contribution in [0.3, 0.4) is 0 Å². The van der Waals surface area contributed by atoms with Crippen LogP contribution in [0.4, 0.5) is 0 Å². The van der Waals surface area contributed by atoms with Crippen molar-refractivity contribution in [2.75, 3.05) is 13.2 Å². The van der Waals surface area contributed by atoms with Crippen molar-refractivity contribution < 1.29 is 28.6 Å². The van der Waals surface area contributed by atoms with E-state index in [-0.39, 0.29) is 31.1 Å². The van der Waals surface area contributed by atoms with Crippen molar-refractivity contribution in [3.63, 3.8) is 0 Å². The summed E-state index contributed by atoms with van der Waals surface area (Å²) in [7, 11) is 0. The van der Waals surface area contributed by atoms with Crippen molar-refractivity contribution in [3.05, 3.63) is 48.6 Å². The van der Waals surface area contributed by atoms with Crippen LogP contribution in [-0.4, -0.2) is 37.2 Å². The number of hydrogen-bond acceptors (Lipinski definition) is 6. The van der Waals surface area contributed by atoms with Crippen LogP contribution in [0, 0.1) is 0 Å². The summed E-state index contributed by atoms with van der Waals surface area (Å²) in [5.74, 6) is -0.846. The molecule has 0 aromatic carbocycles. The molecule has 486 valence electrons.